The van der Waals surface area contributed by atoms with Crippen LogP contribution >= 0.6 is 0 Å². The zero-order valence-electron chi connectivity index (χ0n) is 35.6. The van der Waals surface area contributed by atoms with Crippen molar-refractivity contribution < 1.29 is 66.4 Å². The predicted octanol–water partition coefficient (Wildman–Crippen LogP) is 6.52. The lowest BCUT2D eigenvalue weighted by Crippen LogP contribution is -2.16. The van der Waals surface area contributed by atoms with Gasteiger partial charge >= 0.3 is 11.9 Å². The third-order valence-electron chi connectivity index (χ3n) is 8.30. The molecule has 0 spiro atoms. The lowest BCUT2D eigenvalue weighted by molar-refractivity contribution is -0.146. The maximum atomic E-state index is 11.7. The summed E-state index contributed by atoms with van der Waals surface area (Å²) in [6, 6.07) is 0. The first-order valence-corrected chi connectivity index (χ1v) is 21.8. The molecule has 14 heteroatoms. The van der Waals surface area contributed by atoms with Crippen LogP contribution in [0.2, 0.25) is 0 Å². The zero-order valence-corrected chi connectivity index (χ0v) is 35.6. The molecule has 0 aromatic heterocycles. The van der Waals surface area contributed by atoms with Gasteiger partial charge in [-0.3, -0.25) is 9.59 Å². The minimum absolute atomic E-state index is 0.143. The van der Waals surface area contributed by atoms with Crippen molar-refractivity contribution in [2.75, 3.05) is 145 Å². The number of carbonyl (C=O) groups is 2. The molecule has 0 rings (SSSR count). The average Bonchev–Trinajstić information content (AvgIpc) is 3.20. The number of hydrogen-bond donors (Lipinski definition) is 0. The van der Waals surface area contributed by atoms with Gasteiger partial charge in [0.25, 0.3) is 0 Å². The molecule has 0 saturated heterocycles. The van der Waals surface area contributed by atoms with Crippen LogP contribution in [0.1, 0.15) is 117 Å². The van der Waals surface area contributed by atoms with Gasteiger partial charge in [0.2, 0.25) is 0 Å². The summed E-state index contributed by atoms with van der Waals surface area (Å²) in [6.45, 7) is 14.4. The molecule has 56 heavy (non-hydrogen) atoms. The second-order valence-corrected chi connectivity index (χ2v) is 13.3. The fourth-order valence-electron chi connectivity index (χ4n) is 5.11. The van der Waals surface area contributed by atoms with Crippen molar-refractivity contribution in [2.24, 2.45) is 0 Å². The molecule has 0 bridgehead atoms. The highest BCUT2D eigenvalue weighted by atomic mass is 16.6. The molecule has 0 heterocycles. The fraction of sp³-hybridized carbons (Fsp3) is 0.952. The molecule has 0 aliphatic rings. The van der Waals surface area contributed by atoms with Crippen LogP contribution in [-0.2, 0) is 66.4 Å². The van der Waals surface area contributed by atoms with Crippen molar-refractivity contribution in [1.82, 2.24) is 0 Å². The van der Waals surface area contributed by atoms with Gasteiger partial charge in [-0.15, -0.1) is 0 Å². The van der Waals surface area contributed by atoms with Crippen molar-refractivity contribution >= 4 is 11.9 Å². The topological polar surface area (TPSA) is 145 Å². The summed E-state index contributed by atoms with van der Waals surface area (Å²) in [6.07, 6.45) is 17.6. The average molecular weight is 811 g/mol. The van der Waals surface area contributed by atoms with Gasteiger partial charge < -0.3 is 56.8 Å². The summed E-state index contributed by atoms with van der Waals surface area (Å²) in [4.78, 5) is 23.5. The molecule has 0 atom stereocenters. The van der Waals surface area contributed by atoms with E-state index in [9.17, 15) is 9.59 Å². The maximum Gasteiger partial charge on any atom is 0.305 e. The van der Waals surface area contributed by atoms with Gasteiger partial charge in [0.1, 0.15) is 13.2 Å². The van der Waals surface area contributed by atoms with Crippen LogP contribution in [0.3, 0.4) is 0 Å². The Morgan fingerprint density at radius 2 is 0.429 bits per heavy atom. The maximum absolute atomic E-state index is 11.7. The fourth-order valence-corrected chi connectivity index (χ4v) is 5.11. The lowest BCUT2D eigenvalue weighted by Gasteiger charge is -2.09. The first-order chi connectivity index (χ1) is 27.7. The van der Waals surface area contributed by atoms with Crippen molar-refractivity contribution in [1.29, 1.82) is 0 Å². The molecular weight excluding hydrogens is 728 g/mol. The van der Waals surface area contributed by atoms with E-state index in [1.165, 1.54) is 64.2 Å². The van der Waals surface area contributed by atoms with E-state index in [4.69, 9.17) is 56.8 Å². The first kappa shape index (κ1) is 54.5. The SMILES string of the molecule is CCCCCCCCCC(=O)OCCOCCOCCOCCOCCOCCOCCOCCOCCOCCOCCOC(=O)CCCCCCCCC. The highest BCUT2D eigenvalue weighted by Crippen LogP contribution is 2.10. The number of unbranched alkanes of at least 4 members (excludes halogenated alkanes) is 12. The Balaban J connectivity index is 3.14. The van der Waals surface area contributed by atoms with Gasteiger partial charge in [0.15, 0.2) is 0 Å². The molecule has 0 aromatic rings. The Bertz CT molecular complexity index is 714. The van der Waals surface area contributed by atoms with E-state index in [0.717, 1.165) is 25.7 Å². The summed E-state index contributed by atoms with van der Waals surface area (Å²) < 4.78 is 65.2. The number of hydrogen-bond acceptors (Lipinski definition) is 14. The highest BCUT2D eigenvalue weighted by molar-refractivity contribution is 5.69. The third kappa shape index (κ3) is 48.7. The monoisotopic (exact) mass is 811 g/mol. The van der Waals surface area contributed by atoms with Gasteiger partial charge in [-0.05, 0) is 12.8 Å². The van der Waals surface area contributed by atoms with Gasteiger partial charge in [-0.2, -0.15) is 0 Å². The minimum atomic E-state index is -0.143. The van der Waals surface area contributed by atoms with Crippen molar-refractivity contribution in [3.63, 3.8) is 0 Å². The summed E-state index contributed by atoms with van der Waals surface area (Å²) in [5, 5.41) is 0. The molecule has 0 radical (unpaired) electrons. The van der Waals surface area contributed by atoms with E-state index in [-0.39, 0.29) is 25.2 Å². The predicted molar refractivity (Wildman–Crippen MR) is 215 cm³/mol. The summed E-state index contributed by atoms with van der Waals surface area (Å²) in [7, 11) is 0. The minimum Gasteiger partial charge on any atom is -0.463 e. The number of carbonyl (C=O) groups excluding carboxylic acids is 2. The van der Waals surface area contributed by atoms with Crippen LogP contribution in [-0.4, -0.2) is 157 Å². The Labute approximate surface area is 339 Å². The van der Waals surface area contributed by atoms with Gasteiger partial charge in [0.05, 0.1) is 132 Å². The molecular formula is C42H82O14. The summed E-state index contributed by atoms with van der Waals surface area (Å²) in [5.74, 6) is -0.286. The normalized spacial score (nSPS) is 11.4. The molecule has 0 unspecified atom stereocenters. The largest absolute Gasteiger partial charge is 0.463 e. The Morgan fingerprint density at radius 3 is 0.643 bits per heavy atom. The second kappa shape index (κ2) is 49.7. The van der Waals surface area contributed by atoms with Crippen LogP contribution in [0.4, 0.5) is 0 Å². The lowest BCUT2D eigenvalue weighted by atomic mass is 10.1. The number of ether oxygens (including phenoxy) is 12. The number of esters is 2. The Hall–Kier alpha value is -1.46. The van der Waals surface area contributed by atoms with Crippen molar-refractivity contribution in [2.45, 2.75) is 117 Å². The Morgan fingerprint density at radius 1 is 0.250 bits per heavy atom. The van der Waals surface area contributed by atoms with Gasteiger partial charge in [-0.25, -0.2) is 0 Å². The van der Waals surface area contributed by atoms with E-state index in [2.05, 4.69) is 13.8 Å². The molecule has 14 nitrogen and oxygen atoms in total. The smallest absolute Gasteiger partial charge is 0.305 e. The van der Waals surface area contributed by atoms with E-state index >= 15 is 0 Å². The van der Waals surface area contributed by atoms with Crippen LogP contribution in [0.15, 0.2) is 0 Å². The first-order valence-electron chi connectivity index (χ1n) is 21.8. The standard InChI is InChI=1S/C42H82O14/c1-3-5-7-9-11-13-15-17-41(43)55-39-37-53-35-33-51-31-29-49-27-25-47-23-21-45-19-20-46-22-24-48-26-28-50-30-32-52-34-36-54-38-40-56-42(44)18-16-14-12-10-8-6-4-2/h3-40H2,1-2H3. The van der Waals surface area contributed by atoms with E-state index < -0.39 is 0 Å². The molecule has 334 valence electrons. The van der Waals surface area contributed by atoms with Gasteiger partial charge in [-0.1, -0.05) is 90.9 Å². The summed E-state index contributed by atoms with van der Waals surface area (Å²) in [5.41, 5.74) is 0. The van der Waals surface area contributed by atoms with E-state index in [1.54, 1.807) is 0 Å². The van der Waals surface area contributed by atoms with E-state index in [0.29, 0.717) is 145 Å². The molecule has 0 amide bonds. The summed E-state index contributed by atoms with van der Waals surface area (Å²) >= 11 is 0. The molecule has 0 saturated carbocycles. The second-order valence-electron chi connectivity index (χ2n) is 13.3. The van der Waals surface area contributed by atoms with Crippen LogP contribution < -0.4 is 0 Å². The quantitative estimate of drug-likeness (QED) is 0.0486. The van der Waals surface area contributed by atoms with Gasteiger partial charge in [0, 0.05) is 12.8 Å². The molecule has 0 fully saturated rings. The molecule has 0 N–H and O–H groups in total. The van der Waals surface area contributed by atoms with Crippen molar-refractivity contribution in [3.05, 3.63) is 0 Å². The van der Waals surface area contributed by atoms with Crippen LogP contribution in [0.25, 0.3) is 0 Å². The number of rotatable bonds is 49. The Kier molecular flexibility index (Phi) is 48.4. The molecule has 0 aliphatic heterocycles. The van der Waals surface area contributed by atoms with Crippen molar-refractivity contribution in [3.8, 4) is 0 Å². The molecule has 0 aromatic carbocycles. The third-order valence-corrected chi connectivity index (χ3v) is 8.30. The molecule has 0 aliphatic carbocycles. The van der Waals surface area contributed by atoms with E-state index in [1.807, 2.05) is 0 Å². The van der Waals surface area contributed by atoms with Crippen LogP contribution in [0.5, 0.6) is 0 Å². The zero-order chi connectivity index (χ0) is 40.5. The highest BCUT2D eigenvalue weighted by Gasteiger charge is 2.04. The van der Waals surface area contributed by atoms with Crippen LogP contribution in [0, 0.1) is 0 Å².